The Kier molecular flexibility index (Phi) is 4.50. The van der Waals surface area contributed by atoms with Crippen LogP contribution < -0.4 is 0 Å². The Labute approximate surface area is 77.1 Å². The summed E-state index contributed by atoms with van der Waals surface area (Å²) in [5.74, 6) is -0.416. The topological polar surface area (TPSA) is 83.8 Å². The average Bonchev–Trinajstić information content (AvgIpc) is 1.95. The van der Waals surface area contributed by atoms with E-state index in [4.69, 9.17) is 14.4 Å². The van der Waals surface area contributed by atoms with E-state index in [9.17, 15) is 8.42 Å². The van der Waals surface area contributed by atoms with Crippen LogP contribution in [0.25, 0.3) is 0 Å². The number of rotatable bonds is 5. The van der Waals surface area contributed by atoms with Gasteiger partial charge in [-0.25, -0.2) is 0 Å². The molecule has 0 saturated heterocycles. The maximum atomic E-state index is 10.2. The summed E-state index contributed by atoms with van der Waals surface area (Å²) in [5, 5.41) is 8.57. The third kappa shape index (κ3) is 6.18. The smallest absolute Gasteiger partial charge is 0.268 e. The molecule has 6 heteroatoms. The van der Waals surface area contributed by atoms with Crippen LogP contribution in [-0.2, 0) is 14.9 Å². The van der Waals surface area contributed by atoms with Crippen molar-refractivity contribution in [3.05, 3.63) is 24.2 Å². The van der Waals surface area contributed by atoms with Gasteiger partial charge in [0, 0.05) is 0 Å². The van der Waals surface area contributed by atoms with Gasteiger partial charge in [0.2, 0.25) is 0 Å². The van der Waals surface area contributed by atoms with Crippen molar-refractivity contribution in [2.75, 3.05) is 12.4 Å². The van der Waals surface area contributed by atoms with Gasteiger partial charge in [0.15, 0.2) is 5.76 Å². The van der Waals surface area contributed by atoms with Crippen LogP contribution in [0, 0.1) is 0 Å². The van der Waals surface area contributed by atoms with Crippen LogP contribution in [0.2, 0.25) is 0 Å². The van der Waals surface area contributed by atoms with Crippen LogP contribution in [-0.4, -0.2) is 30.4 Å². The highest BCUT2D eigenvalue weighted by atomic mass is 32.2. The van der Waals surface area contributed by atoms with E-state index in [0.29, 0.717) is 11.8 Å². The molecule has 0 radical (unpaired) electrons. The van der Waals surface area contributed by atoms with Crippen molar-refractivity contribution in [3.63, 3.8) is 0 Å². The molecule has 0 fully saturated rings. The van der Waals surface area contributed by atoms with E-state index in [1.165, 1.54) is 0 Å². The summed E-state index contributed by atoms with van der Waals surface area (Å²) in [5.41, 5.74) is 0.470. The summed E-state index contributed by atoms with van der Waals surface area (Å²) in [7, 11) is -4.02. The van der Waals surface area contributed by atoms with Crippen LogP contribution in [0.3, 0.4) is 0 Å². The summed E-state index contributed by atoms with van der Waals surface area (Å²) in [6.45, 7) is 4.84. The Balaban J connectivity index is 3.97. The molecule has 5 nitrogen and oxygen atoms in total. The highest BCUT2D eigenvalue weighted by Crippen LogP contribution is 2.06. The van der Waals surface area contributed by atoms with Gasteiger partial charge in [-0.05, 0) is 12.5 Å². The van der Waals surface area contributed by atoms with Crippen molar-refractivity contribution in [1.29, 1.82) is 0 Å². The Hall–Kier alpha value is -1.01. The molecule has 0 aromatic heterocycles. The van der Waals surface area contributed by atoms with E-state index in [1.54, 1.807) is 6.92 Å². The molecule has 0 amide bonds. The number of allylic oxidation sites excluding steroid dienone is 1. The highest BCUT2D eigenvalue weighted by molar-refractivity contribution is 7.85. The zero-order valence-corrected chi connectivity index (χ0v) is 8.04. The summed E-state index contributed by atoms with van der Waals surface area (Å²) in [4.78, 5) is 0. The Morgan fingerprint density at radius 3 is 2.46 bits per heavy atom. The van der Waals surface area contributed by atoms with E-state index in [0.717, 1.165) is 0 Å². The quantitative estimate of drug-likeness (QED) is 0.398. The number of ether oxygens (including phenoxy) is 1. The fraction of sp³-hybridized carbons (Fsp3) is 0.429. The summed E-state index contributed by atoms with van der Waals surface area (Å²) in [6.07, 6.45) is 0.687. The first-order valence-electron chi connectivity index (χ1n) is 3.45. The third-order valence-electron chi connectivity index (χ3n) is 1.14. The molecule has 2 N–H and O–H groups in total. The van der Waals surface area contributed by atoms with Gasteiger partial charge < -0.3 is 9.84 Å². The lowest BCUT2D eigenvalue weighted by molar-refractivity contribution is 0.224. The van der Waals surface area contributed by atoms with E-state index in [2.05, 4.69) is 6.58 Å². The van der Waals surface area contributed by atoms with Gasteiger partial charge in [0.25, 0.3) is 10.1 Å². The second-order valence-electron chi connectivity index (χ2n) is 2.41. The fourth-order valence-corrected chi connectivity index (χ4v) is 0.822. The summed E-state index contributed by atoms with van der Waals surface area (Å²) in [6, 6.07) is 0. The molecule has 0 spiro atoms. The van der Waals surface area contributed by atoms with E-state index in [-0.39, 0.29) is 12.4 Å². The van der Waals surface area contributed by atoms with Crippen molar-refractivity contribution in [2.45, 2.75) is 6.92 Å². The van der Waals surface area contributed by atoms with Crippen molar-refractivity contribution >= 4 is 10.1 Å². The van der Waals surface area contributed by atoms with Gasteiger partial charge in [0.1, 0.15) is 18.6 Å². The molecule has 0 aromatic carbocycles. The van der Waals surface area contributed by atoms with E-state index >= 15 is 0 Å². The Bertz CT molecular complexity index is 301. The van der Waals surface area contributed by atoms with Crippen molar-refractivity contribution in [2.24, 2.45) is 0 Å². The number of hydrogen-bond acceptors (Lipinski definition) is 4. The van der Waals surface area contributed by atoms with Gasteiger partial charge in [-0.15, -0.1) is 0 Å². The largest absolute Gasteiger partial charge is 0.512 e. The molecule has 0 atom stereocenters. The first-order valence-corrected chi connectivity index (χ1v) is 5.06. The number of aliphatic hydroxyl groups is 1. The fourth-order valence-electron chi connectivity index (χ4n) is 0.528. The summed E-state index contributed by atoms with van der Waals surface area (Å²) >= 11 is 0. The molecule has 0 heterocycles. The van der Waals surface area contributed by atoms with Crippen molar-refractivity contribution < 1.29 is 22.8 Å². The van der Waals surface area contributed by atoms with Gasteiger partial charge in [0.05, 0.1) is 0 Å². The molecular formula is C7H12O5S. The molecule has 0 bridgehead atoms. The molecule has 0 aromatic rings. The zero-order valence-electron chi connectivity index (χ0n) is 7.23. The normalized spacial score (nSPS) is 12.6. The zero-order chi connectivity index (χ0) is 10.5. The lowest BCUT2D eigenvalue weighted by atomic mass is 10.3. The first-order chi connectivity index (χ1) is 5.87. The standard InChI is InChI=1S/C7H12O5S/c1-6(2)7(5-8)12-3-4-13(9,10)11/h5,8H,1,3-4H2,2H3,(H,9,10,11)/b7-5+. The molecule has 76 valence electrons. The minimum absolute atomic E-state index is 0.101. The summed E-state index contributed by atoms with van der Waals surface area (Å²) < 4.78 is 33.6. The van der Waals surface area contributed by atoms with Gasteiger partial charge in [-0.2, -0.15) is 8.42 Å². The second-order valence-corrected chi connectivity index (χ2v) is 3.98. The molecule has 0 aliphatic carbocycles. The molecule has 0 saturated carbocycles. The highest BCUT2D eigenvalue weighted by Gasteiger charge is 2.06. The molecule has 13 heavy (non-hydrogen) atoms. The lowest BCUT2D eigenvalue weighted by Gasteiger charge is -2.07. The SMILES string of the molecule is C=C(C)/C(=C\O)OCCS(=O)(=O)O. The van der Waals surface area contributed by atoms with Crippen LogP contribution in [0.4, 0.5) is 0 Å². The lowest BCUT2D eigenvalue weighted by Crippen LogP contribution is -2.10. The minimum Gasteiger partial charge on any atom is -0.512 e. The average molecular weight is 208 g/mol. The van der Waals surface area contributed by atoms with Crippen LogP contribution in [0.1, 0.15) is 6.92 Å². The minimum atomic E-state index is -4.02. The first kappa shape index (κ1) is 12.0. The maximum absolute atomic E-state index is 10.2. The molecular weight excluding hydrogens is 196 g/mol. The number of aliphatic hydroxyl groups excluding tert-OH is 1. The monoisotopic (exact) mass is 208 g/mol. The number of hydrogen-bond donors (Lipinski definition) is 2. The van der Waals surface area contributed by atoms with Crippen LogP contribution in [0.5, 0.6) is 0 Å². The van der Waals surface area contributed by atoms with E-state index < -0.39 is 15.9 Å². The Morgan fingerprint density at radius 1 is 1.62 bits per heavy atom. The van der Waals surface area contributed by atoms with Gasteiger partial charge in [-0.1, -0.05) is 6.58 Å². The molecule has 0 unspecified atom stereocenters. The van der Waals surface area contributed by atoms with Crippen molar-refractivity contribution in [1.82, 2.24) is 0 Å². The third-order valence-corrected chi connectivity index (χ3v) is 1.82. The van der Waals surface area contributed by atoms with Gasteiger partial charge in [-0.3, -0.25) is 4.55 Å². The Morgan fingerprint density at radius 2 is 2.15 bits per heavy atom. The maximum Gasteiger partial charge on any atom is 0.268 e. The van der Waals surface area contributed by atoms with Crippen LogP contribution >= 0.6 is 0 Å². The molecule has 0 aliphatic heterocycles. The molecule has 0 rings (SSSR count). The van der Waals surface area contributed by atoms with Crippen LogP contribution in [0.15, 0.2) is 24.2 Å². The molecule has 0 aliphatic rings. The predicted octanol–water partition coefficient (Wildman–Crippen LogP) is 0.866. The second kappa shape index (κ2) is 4.88. The predicted molar refractivity (Wildman–Crippen MR) is 47.9 cm³/mol. The van der Waals surface area contributed by atoms with Gasteiger partial charge >= 0.3 is 0 Å². The van der Waals surface area contributed by atoms with E-state index in [1.807, 2.05) is 0 Å². The van der Waals surface area contributed by atoms with Crippen molar-refractivity contribution in [3.8, 4) is 0 Å².